The zero-order valence-corrected chi connectivity index (χ0v) is 19.9. The number of H-pyrrole nitrogens is 1. The fraction of sp³-hybridized carbons (Fsp3) is 0.364. The molecule has 0 saturated carbocycles. The third-order valence-electron chi connectivity index (χ3n) is 5.47. The molecular weight excluding hydrogens is 462 g/mol. The Morgan fingerprint density at radius 2 is 2.12 bits per heavy atom. The standard InChI is InChI=1S/C22H23N5O4S2/c1-29-16-9-14-15(10-17(16)30-2)23-19(24-21(14)28)12-33-22-26-25-20(18-6-4-8-32-18)27(22)11-13-5-3-7-31-13/h4,6,8-10,13H,3,5,7,11-12H2,1-2H3,(H,23,24,28)/t13-/m0/s1. The Balaban J connectivity index is 1.43. The number of ether oxygens (including phenoxy) is 3. The molecule has 4 heterocycles. The van der Waals surface area contributed by atoms with Crippen LogP contribution < -0.4 is 15.0 Å². The summed E-state index contributed by atoms with van der Waals surface area (Å²) in [5.41, 5.74) is 0.323. The first-order valence-electron chi connectivity index (χ1n) is 10.5. The summed E-state index contributed by atoms with van der Waals surface area (Å²) in [6, 6.07) is 7.40. The van der Waals surface area contributed by atoms with Gasteiger partial charge in [0, 0.05) is 12.7 Å². The van der Waals surface area contributed by atoms with E-state index < -0.39 is 0 Å². The summed E-state index contributed by atoms with van der Waals surface area (Å²) in [7, 11) is 3.09. The first-order chi connectivity index (χ1) is 16.2. The molecule has 1 N–H and O–H groups in total. The van der Waals surface area contributed by atoms with Gasteiger partial charge in [-0.3, -0.25) is 9.36 Å². The van der Waals surface area contributed by atoms with Gasteiger partial charge in [-0.2, -0.15) is 0 Å². The van der Waals surface area contributed by atoms with Gasteiger partial charge in [-0.25, -0.2) is 4.98 Å². The molecule has 3 aromatic heterocycles. The molecule has 1 fully saturated rings. The van der Waals surface area contributed by atoms with Crippen LogP contribution in [0.5, 0.6) is 11.5 Å². The van der Waals surface area contributed by atoms with E-state index in [0.717, 1.165) is 35.3 Å². The van der Waals surface area contributed by atoms with E-state index in [4.69, 9.17) is 14.2 Å². The first kappa shape index (κ1) is 21.9. The van der Waals surface area contributed by atoms with Gasteiger partial charge in [0.2, 0.25) is 0 Å². The molecule has 5 rings (SSSR count). The van der Waals surface area contributed by atoms with Crippen molar-refractivity contribution in [2.45, 2.75) is 36.4 Å². The molecule has 0 amide bonds. The third-order valence-corrected chi connectivity index (χ3v) is 7.31. The Kier molecular flexibility index (Phi) is 6.34. The Hall–Kier alpha value is -2.89. The van der Waals surface area contributed by atoms with E-state index in [1.807, 2.05) is 17.5 Å². The van der Waals surface area contributed by atoms with Crippen LogP contribution in [0.25, 0.3) is 21.6 Å². The Morgan fingerprint density at radius 3 is 2.85 bits per heavy atom. The molecule has 1 aliphatic heterocycles. The third kappa shape index (κ3) is 4.48. The molecule has 1 saturated heterocycles. The second kappa shape index (κ2) is 9.54. The van der Waals surface area contributed by atoms with Gasteiger partial charge in [0.05, 0.1) is 48.4 Å². The Morgan fingerprint density at radius 1 is 1.27 bits per heavy atom. The highest BCUT2D eigenvalue weighted by Gasteiger charge is 2.22. The number of aromatic amines is 1. The van der Waals surface area contributed by atoms with E-state index >= 15 is 0 Å². The van der Waals surface area contributed by atoms with Crippen LogP contribution in [0, 0.1) is 0 Å². The van der Waals surface area contributed by atoms with Crippen molar-refractivity contribution in [2.24, 2.45) is 0 Å². The van der Waals surface area contributed by atoms with Crippen molar-refractivity contribution in [3.63, 3.8) is 0 Å². The van der Waals surface area contributed by atoms with E-state index in [2.05, 4.69) is 24.7 Å². The van der Waals surface area contributed by atoms with Gasteiger partial charge in [0.25, 0.3) is 5.56 Å². The number of fused-ring (bicyclic) bond motifs is 1. The second-order valence-electron chi connectivity index (χ2n) is 7.55. The monoisotopic (exact) mass is 485 g/mol. The Bertz CT molecular complexity index is 1310. The molecule has 172 valence electrons. The number of nitrogens with one attached hydrogen (secondary N) is 1. The minimum atomic E-state index is -0.225. The summed E-state index contributed by atoms with van der Waals surface area (Å²) in [6.45, 7) is 1.49. The van der Waals surface area contributed by atoms with Gasteiger partial charge in [-0.05, 0) is 30.4 Å². The zero-order valence-electron chi connectivity index (χ0n) is 18.2. The number of thioether (sulfide) groups is 1. The lowest BCUT2D eigenvalue weighted by Crippen LogP contribution is -2.16. The number of aromatic nitrogens is 5. The van der Waals surface area contributed by atoms with Crippen LogP contribution in [0.3, 0.4) is 0 Å². The average Bonchev–Trinajstić information content (AvgIpc) is 3.60. The van der Waals surface area contributed by atoms with Crippen molar-refractivity contribution in [1.29, 1.82) is 0 Å². The smallest absolute Gasteiger partial charge is 0.258 e. The minimum absolute atomic E-state index is 0.153. The van der Waals surface area contributed by atoms with Gasteiger partial charge in [0.15, 0.2) is 22.5 Å². The molecule has 1 atom stereocenters. The number of methoxy groups -OCH3 is 2. The van der Waals surface area contributed by atoms with Crippen LogP contribution in [0.15, 0.2) is 39.6 Å². The van der Waals surface area contributed by atoms with Crippen LogP contribution >= 0.6 is 23.1 Å². The molecule has 1 aliphatic rings. The van der Waals surface area contributed by atoms with Gasteiger partial charge in [0.1, 0.15) is 5.82 Å². The average molecular weight is 486 g/mol. The van der Waals surface area contributed by atoms with Crippen LogP contribution in [-0.2, 0) is 17.0 Å². The van der Waals surface area contributed by atoms with Crippen LogP contribution in [0.2, 0.25) is 0 Å². The fourth-order valence-corrected chi connectivity index (χ4v) is 5.39. The van der Waals surface area contributed by atoms with E-state index in [1.165, 1.54) is 18.9 Å². The summed E-state index contributed by atoms with van der Waals surface area (Å²) >= 11 is 3.12. The Labute approximate surface area is 198 Å². The van der Waals surface area contributed by atoms with Crippen LogP contribution in [0.1, 0.15) is 18.7 Å². The maximum absolute atomic E-state index is 12.7. The van der Waals surface area contributed by atoms with Crippen molar-refractivity contribution in [2.75, 3.05) is 20.8 Å². The lowest BCUT2D eigenvalue weighted by Gasteiger charge is -2.14. The number of thiophene rings is 1. The first-order valence-corrected chi connectivity index (χ1v) is 12.4. The van der Waals surface area contributed by atoms with Gasteiger partial charge >= 0.3 is 0 Å². The van der Waals surface area contributed by atoms with Crippen LogP contribution in [0.4, 0.5) is 0 Å². The van der Waals surface area contributed by atoms with E-state index in [0.29, 0.717) is 40.5 Å². The maximum Gasteiger partial charge on any atom is 0.258 e. The summed E-state index contributed by atoms with van der Waals surface area (Å²) < 4.78 is 18.6. The summed E-state index contributed by atoms with van der Waals surface area (Å²) in [6.07, 6.45) is 2.25. The van der Waals surface area contributed by atoms with Crippen LogP contribution in [-0.4, -0.2) is 51.7 Å². The number of benzene rings is 1. The van der Waals surface area contributed by atoms with E-state index in [9.17, 15) is 4.79 Å². The molecule has 4 aromatic rings. The molecular formula is C22H23N5O4S2. The molecule has 33 heavy (non-hydrogen) atoms. The van der Waals surface area contributed by atoms with Crippen molar-refractivity contribution in [1.82, 2.24) is 24.7 Å². The summed E-state index contributed by atoms with van der Waals surface area (Å²) in [5.74, 6) is 2.84. The van der Waals surface area contributed by atoms with Gasteiger partial charge in [-0.15, -0.1) is 21.5 Å². The molecule has 9 nitrogen and oxygen atoms in total. The second-order valence-corrected chi connectivity index (χ2v) is 9.44. The lowest BCUT2D eigenvalue weighted by atomic mass is 10.2. The number of hydrogen-bond acceptors (Lipinski definition) is 9. The number of nitrogens with zero attached hydrogens (tertiary/aromatic N) is 4. The molecule has 0 aliphatic carbocycles. The molecule has 0 radical (unpaired) electrons. The van der Waals surface area contributed by atoms with Crippen molar-refractivity contribution in [3.8, 4) is 22.2 Å². The predicted octanol–water partition coefficient (Wildman–Crippen LogP) is 3.73. The highest BCUT2D eigenvalue weighted by molar-refractivity contribution is 7.98. The zero-order chi connectivity index (χ0) is 22.8. The summed E-state index contributed by atoms with van der Waals surface area (Å²) in [4.78, 5) is 21.3. The minimum Gasteiger partial charge on any atom is -0.493 e. The SMILES string of the molecule is COc1cc2nc(CSc3nnc(-c4cccs4)n3C[C@@H]3CCCO3)[nH]c(=O)c2cc1OC. The van der Waals surface area contributed by atoms with Gasteiger partial charge < -0.3 is 19.2 Å². The normalized spacial score (nSPS) is 15.9. The number of rotatable bonds is 8. The quantitative estimate of drug-likeness (QED) is 0.377. The summed E-state index contributed by atoms with van der Waals surface area (Å²) in [5, 5.41) is 12.1. The lowest BCUT2D eigenvalue weighted by molar-refractivity contribution is 0.0953. The largest absolute Gasteiger partial charge is 0.493 e. The van der Waals surface area contributed by atoms with Crippen molar-refractivity contribution < 1.29 is 14.2 Å². The van der Waals surface area contributed by atoms with E-state index in [-0.39, 0.29) is 11.7 Å². The molecule has 1 aromatic carbocycles. The molecule has 0 bridgehead atoms. The van der Waals surface area contributed by atoms with E-state index in [1.54, 1.807) is 30.6 Å². The molecule has 11 heteroatoms. The maximum atomic E-state index is 12.7. The van der Waals surface area contributed by atoms with Crippen molar-refractivity contribution in [3.05, 3.63) is 45.8 Å². The topological polar surface area (TPSA) is 104 Å². The predicted molar refractivity (Wildman–Crippen MR) is 127 cm³/mol. The molecule has 0 spiro atoms. The number of hydrogen-bond donors (Lipinski definition) is 1. The van der Waals surface area contributed by atoms with Crippen molar-refractivity contribution >= 4 is 34.0 Å². The highest BCUT2D eigenvalue weighted by atomic mass is 32.2. The fourth-order valence-electron chi connectivity index (χ4n) is 3.86. The van der Waals surface area contributed by atoms with Gasteiger partial charge in [-0.1, -0.05) is 17.8 Å². The highest BCUT2D eigenvalue weighted by Crippen LogP contribution is 2.32. The molecule has 0 unspecified atom stereocenters.